The smallest absolute Gasteiger partial charge is 0.319 e. The fourth-order valence-corrected chi connectivity index (χ4v) is 3.28. The number of nitrogens with one attached hydrogen (secondary N) is 3. The van der Waals surface area contributed by atoms with Crippen molar-refractivity contribution in [3.05, 3.63) is 23.8 Å². The molecule has 1 aromatic rings. The molecule has 3 rings (SSSR count). The molecule has 1 aromatic carbocycles. The molecular formula is C19H28N4O2. The largest absolute Gasteiger partial charge is 0.377 e. The van der Waals surface area contributed by atoms with E-state index in [2.05, 4.69) is 16.0 Å². The molecule has 0 atom stereocenters. The third-order valence-electron chi connectivity index (χ3n) is 4.83. The second-order valence-corrected chi connectivity index (χ2v) is 7.31. The fraction of sp³-hybridized carbons (Fsp3) is 0.579. The van der Waals surface area contributed by atoms with Crippen molar-refractivity contribution in [3.8, 4) is 0 Å². The molecule has 6 heteroatoms. The van der Waals surface area contributed by atoms with Crippen LogP contribution in [0.5, 0.6) is 0 Å². The molecule has 0 spiro atoms. The van der Waals surface area contributed by atoms with E-state index in [0.717, 1.165) is 31.4 Å². The lowest BCUT2D eigenvalue weighted by Crippen LogP contribution is -2.39. The molecule has 3 N–H and O–H groups in total. The average Bonchev–Trinajstić information content (AvgIpc) is 3.39. The second-order valence-electron chi connectivity index (χ2n) is 7.31. The van der Waals surface area contributed by atoms with Crippen molar-refractivity contribution in [2.75, 3.05) is 24.3 Å². The summed E-state index contributed by atoms with van der Waals surface area (Å²) in [5.74, 6) is -0.0810. The topological polar surface area (TPSA) is 73.5 Å². The van der Waals surface area contributed by atoms with Crippen LogP contribution >= 0.6 is 0 Å². The summed E-state index contributed by atoms with van der Waals surface area (Å²) in [5, 5.41) is 8.92. The minimum atomic E-state index is -0.196. The Kier molecular flexibility index (Phi) is 5.46. The highest BCUT2D eigenvalue weighted by Crippen LogP contribution is 2.25. The lowest BCUT2D eigenvalue weighted by atomic mass is 9.96. The number of rotatable bonds is 5. The van der Waals surface area contributed by atoms with Crippen LogP contribution in [0.15, 0.2) is 18.2 Å². The molecule has 0 aromatic heterocycles. The molecule has 25 heavy (non-hydrogen) atoms. The molecule has 2 aliphatic rings. The van der Waals surface area contributed by atoms with Crippen LogP contribution in [-0.2, 0) is 0 Å². The molecule has 2 fully saturated rings. The highest BCUT2D eigenvalue weighted by molar-refractivity contribution is 6.02. The third-order valence-corrected chi connectivity index (χ3v) is 4.83. The lowest BCUT2D eigenvalue weighted by Gasteiger charge is -2.23. The SMILES string of the molecule is CN(C)c1ccc(NC(=O)NC2CCCCC2)cc1C(=O)NC1CC1. The highest BCUT2D eigenvalue weighted by atomic mass is 16.2. The van der Waals surface area contributed by atoms with Crippen LogP contribution in [0.3, 0.4) is 0 Å². The molecule has 0 bridgehead atoms. The zero-order chi connectivity index (χ0) is 17.8. The maximum Gasteiger partial charge on any atom is 0.319 e. The quantitative estimate of drug-likeness (QED) is 0.768. The summed E-state index contributed by atoms with van der Waals surface area (Å²) in [6.45, 7) is 0. The number of nitrogens with zero attached hydrogens (tertiary/aromatic N) is 1. The predicted molar refractivity (Wildman–Crippen MR) is 100 cm³/mol. The first-order valence-electron chi connectivity index (χ1n) is 9.22. The van der Waals surface area contributed by atoms with E-state index < -0.39 is 0 Å². The van der Waals surface area contributed by atoms with E-state index in [4.69, 9.17) is 0 Å². The van der Waals surface area contributed by atoms with Crippen LogP contribution in [0.1, 0.15) is 55.3 Å². The predicted octanol–water partition coefficient (Wildman–Crippen LogP) is 3.10. The van der Waals surface area contributed by atoms with Gasteiger partial charge in [-0.1, -0.05) is 19.3 Å². The van der Waals surface area contributed by atoms with E-state index >= 15 is 0 Å². The lowest BCUT2D eigenvalue weighted by molar-refractivity contribution is 0.0951. The third kappa shape index (κ3) is 4.87. The maximum absolute atomic E-state index is 12.5. The minimum absolute atomic E-state index is 0.0810. The van der Waals surface area contributed by atoms with Gasteiger partial charge < -0.3 is 20.9 Å². The molecule has 2 aliphatic carbocycles. The van der Waals surface area contributed by atoms with Crippen LogP contribution in [0.4, 0.5) is 16.2 Å². The standard InChI is InChI=1S/C19H28N4O2/c1-23(2)17-11-10-15(12-16(17)18(24)20-14-8-9-14)22-19(25)21-13-6-4-3-5-7-13/h10-14H,3-9H2,1-2H3,(H,20,24)(H2,21,22,25). The van der Waals surface area contributed by atoms with Gasteiger partial charge in [-0.05, 0) is 43.9 Å². The summed E-state index contributed by atoms with van der Waals surface area (Å²) >= 11 is 0. The van der Waals surface area contributed by atoms with Crippen molar-refractivity contribution in [1.82, 2.24) is 10.6 Å². The molecule has 0 saturated heterocycles. The molecule has 6 nitrogen and oxygen atoms in total. The zero-order valence-electron chi connectivity index (χ0n) is 15.1. The van der Waals surface area contributed by atoms with E-state index in [9.17, 15) is 9.59 Å². The van der Waals surface area contributed by atoms with E-state index in [1.165, 1.54) is 19.3 Å². The Hall–Kier alpha value is -2.24. The van der Waals surface area contributed by atoms with Gasteiger partial charge in [-0.15, -0.1) is 0 Å². The summed E-state index contributed by atoms with van der Waals surface area (Å²) in [6, 6.07) is 5.83. The van der Waals surface area contributed by atoms with Gasteiger partial charge in [0, 0.05) is 37.6 Å². The molecule has 0 radical (unpaired) electrons. The fourth-order valence-electron chi connectivity index (χ4n) is 3.28. The Labute approximate surface area is 149 Å². The number of amides is 3. The van der Waals surface area contributed by atoms with Crippen LogP contribution in [0.25, 0.3) is 0 Å². The number of hydrogen-bond donors (Lipinski definition) is 3. The molecule has 136 valence electrons. The maximum atomic E-state index is 12.5. The summed E-state index contributed by atoms with van der Waals surface area (Å²) in [5.41, 5.74) is 2.07. The van der Waals surface area contributed by atoms with Crippen molar-refractivity contribution >= 4 is 23.3 Å². The number of carbonyl (C=O) groups excluding carboxylic acids is 2. The van der Waals surface area contributed by atoms with Gasteiger partial charge >= 0.3 is 6.03 Å². The van der Waals surface area contributed by atoms with Crippen molar-refractivity contribution in [3.63, 3.8) is 0 Å². The van der Waals surface area contributed by atoms with Gasteiger partial charge in [-0.3, -0.25) is 4.79 Å². The Balaban J connectivity index is 1.67. The number of benzene rings is 1. The van der Waals surface area contributed by atoms with Crippen LogP contribution < -0.4 is 20.9 Å². The van der Waals surface area contributed by atoms with Crippen LogP contribution in [0, 0.1) is 0 Å². The molecule has 0 heterocycles. The van der Waals surface area contributed by atoms with E-state index in [1.54, 1.807) is 6.07 Å². The Morgan fingerprint density at radius 2 is 1.64 bits per heavy atom. The van der Waals surface area contributed by atoms with Crippen molar-refractivity contribution in [1.29, 1.82) is 0 Å². The number of urea groups is 1. The van der Waals surface area contributed by atoms with Crippen molar-refractivity contribution < 1.29 is 9.59 Å². The van der Waals surface area contributed by atoms with Gasteiger partial charge in [-0.2, -0.15) is 0 Å². The first kappa shape index (κ1) is 17.6. The highest BCUT2D eigenvalue weighted by Gasteiger charge is 2.25. The zero-order valence-corrected chi connectivity index (χ0v) is 15.1. The summed E-state index contributed by atoms with van der Waals surface area (Å²) in [7, 11) is 3.82. The monoisotopic (exact) mass is 344 g/mol. The summed E-state index contributed by atoms with van der Waals surface area (Å²) < 4.78 is 0. The van der Waals surface area contributed by atoms with Crippen molar-refractivity contribution in [2.45, 2.75) is 57.0 Å². The number of carbonyl (C=O) groups is 2. The average molecular weight is 344 g/mol. The van der Waals surface area contributed by atoms with Crippen LogP contribution in [-0.4, -0.2) is 38.1 Å². The first-order chi connectivity index (χ1) is 12.0. The Bertz CT molecular complexity index is 634. The second kappa shape index (κ2) is 7.76. The molecule has 3 amide bonds. The van der Waals surface area contributed by atoms with Gasteiger partial charge in [0.1, 0.15) is 0 Å². The Morgan fingerprint density at radius 3 is 2.28 bits per heavy atom. The number of hydrogen-bond acceptors (Lipinski definition) is 3. The molecule has 0 unspecified atom stereocenters. The summed E-state index contributed by atoms with van der Waals surface area (Å²) in [6.07, 6.45) is 7.78. The van der Waals surface area contributed by atoms with E-state index in [-0.39, 0.29) is 18.0 Å². The van der Waals surface area contributed by atoms with E-state index in [1.807, 2.05) is 31.1 Å². The molecule has 0 aliphatic heterocycles. The van der Waals surface area contributed by atoms with Gasteiger partial charge in [0.2, 0.25) is 0 Å². The normalized spacial score (nSPS) is 17.7. The summed E-state index contributed by atoms with van der Waals surface area (Å²) in [4.78, 5) is 26.7. The van der Waals surface area contributed by atoms with Gasteiger partial charge in [-0.25, -0.2) is 4.79 Å². The van der Waals surface area contributed by atoms with Crippen molar-refractivity contribution in [2.24, 2.45) is 0 Å². The van der Waals surface area contributed by atoms with Crippen LogP contribution in [0.2, 0.25) is 0 Å². The van der Waals surface area contributed by atoms with Gasteiger partial charge in [0.25, 0.3) is 5.91 Å². The van der Waals surface area contributed by atoms with E-state index in [0.29, 0.717) is 17.3 Å². The van der Waals surface area contributed by atoms with Gasteiger partial charge in [0.15, 0.2) is 0 Å². The van der Waals surface area contributed by atoms with Gasteiger partial charge in [0.05, 0.1) is 5.56 Å². The Morgan fingerprint density at radius 1 is 0.960 bits per heavy atom. The molecular weight excluding hydrogens is 316 g/mol. The number of anilines is 2. The first-order valence-corrected chi connectivity index (χ1v) is 9.22. The molecule has 2 saturated carbocycles. The minimum Gasteiger partial charge on any atom is -0.377 e.